The molecule has 0 saturated carbocycles. The highest BCUT2D eigenvalue weighted by Crippen LogP contribution is 2.25. The molecule has 2 N–H and O–H groups in total. The normalized spacial score (nSPS) is 10.9. The van der Waals surface area contributed by atoms with Crippen molar-refractivity contribution in [3.63, 3.8) is 0 Å². The second-order valence-electron chi connectivity index (χ2n) is 6.84. The van der Waals surface area contributed by atoms with Crippen molar-refractivity contribution < 1.29 is 4.39 Å². The highest BCUT2D eigenvalue weighted by Gasteiger charge is 2.09. The molecule has 0 bridgehead atoms. The molecule has 11 heteroatoms. The molecule has 32 heavy (non-hydrogen) atoms. The molecule has 0 saturated heterocycles. The highest BCUT2D eigenvalue weighted by molar-refractivity contribution is 7.80. The summed E-state index contributed by atoms with van der Waals surface area (Å²) >= 11 is 23.9. The number of hydrogen-bond donors (Lipinski definition) is 2. The van der Waals surface area contributed by atoms with Crippen LogP contribution in [0, 0.1) is 5.82 Å². The maximum atomic E-state index is 13.2. The number of aromatic nitrogens is 4. The average Bonchev–Trinajstić information content (AvgIpc) is 3.36. The maximum Gasteiger partial charge on any atom is 0.176 e. The summed E-state index contributed by atoms with van der Waals surface area (Å²) in [5.41, 5.74) is 2.23. The second kappa shape index (κ2) is 9.87. The summed E-state index contributed by atoms with van der Waals surface area (Å²) in [6.45, 7) is 0.828. The summed E-state index contributed by atoms with van der Waals surface area (Å²) in [6.07, 6.45) is 5.20. The molecule has 0 aliphatic rings. The zero-order valence-electron chi connectivity index (χ0n) is 16.4. The van der Waals surface area contributed by atoms with E-state index >= 15 is 0 Å². The molecule has 4 aromatic rings. The summed E-state index contributed by atoms with van der Waals surface area (Å²) in [6, 6.07) is 11.4. The van der Waals surface area contributed by atoms with Crippen molar-refractivity contribution >= 4 is 63.6 Å². The molecular formula is C21H16Cl3FN6S. The van der Waals surface area contributed by atoms with Gasteiger partial charge in [0, 0.05) is 39.1 Å². The van der Waals surface area contributed by atoms with E-state index in [1.165, 1.54) is 12.1 Å². The Morgan fingerprint density at radius 1 is 0.969 bits per heavy atom. The SMILES string of the molecule is Fc1ccc(Cn2cc(NC(=S)Nc3ccn(Cc4c(Cl)cccc4Cl)n3)cn2)c(Cl)c1. The summed E-state index contributed by atoms with van der Waals surface area (Å²) in [4.78, 5) is 0. The van der Waals surface area contributed by atoms with E-state index in [4.69, 9.17) is 47.0 Å². The summed E-state index contributed by atoms with van der Waals surface area (Å²) < 4.78 is 16.6. The smallest absolute Gasteiger partial charge is 0.176 e. The Morgan fingerprint density at radius 2 is 1.75 bits per heavy atom. The van der Waals surface area contributed by atoms with Crippen molar-refractivity contribution in [2.75, 3.05) is 10.6 Å². The first-order chi connectivity index (χ1) is 15.4. The largest absolute Gasteiger partial charge is 0.330 e. The van der Waals surface area contributed by atoms with Crippen molar-refractivity contribution in [2.24, 2.45) is 0 Å². The van der Waals surface area contributed by atoms with Crippen LogP contribution in [0.15, 0.2) is 61.1 Å². The van der Waals surface area contributed by atoms with Crippen molar-refractivity contribution in [1.29, 1.82) is 0 Å². The first-order valence-corrected chi connectivity index (χ1v) is 10.9. The van der Waals surface area contributed by atoms with Gasteiger partial charge in [-0.3, -0.25) is 9.36 Å². The van der Waals surface area contributed by atoms with Crippen LogP contribution >= 0.6 is 47.0 Å². The minimum Gasteiger partial charge on any atom is -0.330 e. The van der Waals surface area contributed by atoms with Crippen LogP contribution in [0.3, 0.4) is 0 Å². The Morgan fingerprint density at radius 3 is 2.50 bits per heavy atom. The molecule has 0 aliphatic carbocycles. The number of hydrogen-bond acceptors (Lipinski definition) is 3. The number of thiocarbonyl (C=S) groups is 1. The Hall–Kier alpha value is -2.65. The maximum absolute atomic E-state index is 13.2. The lowest BCUT2D eigenvalue weighted by Crippen LogP contribution is -2.19. The summed E-state index contributed by atoms with van der Waals surface area (Å²) in [5.74, 6) is 0.187. The number of nitrogens with one attached hydrogen (secondary N) is 2. The minimum atomic E-state index is -0.379. The van der Waals surface area contributed by atoms with E-state index < -0.39 is 0 Å². The van der Waals surface area contributed by atoms with Gasteiger partial charge in [-0.15, -0.1) is 0 Å². The lowest BCUT2D eigenvalue weighted by molar-refractivity contribution is 0.624. The monoisotopic (exact) mass is 508 g/mol. The van der Waals surface area contributed by atoms with Crippen LogP contribution in [0.1, 0.15) is 11.1 Å². The molecule has 2 aromatic heterocycles. The Balaban J connectivity index is 1.34. The number of benzene rings is 2. The molecule has 0 amide bonds. The molecule has 6 nitrogen and oxygen atoms in total. The number of anilines is 2. The molecule has 0 spiro atoms. The van der Waals surface area contributed by atoms with Crippen molar-refractivity contribution in [3.05, 3.63) is 93.1 Å². The molecule has 0 radical (unpaired) electrons. The van der Waals surface area contributed by atoms with Gasteiger partial charge in [-0.2, -0.15) is 10.2 Å². The van der Waals surface area contributed by atoms with Gasteiger partial charge in [0.25, 0.3) is 0 Å². The zero-order chi connectivity index (χ0) is 22.7. The molecule has 0 aliphatic heterocycles. The molecule has 2 heterocycles. The first-order valence-electron chi connectivity index (χ1n) is 9.38. The van der Waals surface area contributed by atoms with E-state index in [0.29, 0.717) is 44.8 Å². The fraction of sp³-hybridized carbons (Fsp3) is 0.0952. The molecule has 0 fully saturated rings. The van der Waals surface area contributed by atoms with Crippen LogP contribution in [0.4, 0.5) is 15.9 Å². The van der Waals surface area contributed by atoms with Gasteiger partial charge in [-0.25, -0.2) is 4.39 Å². The van der Waals surface area contributed by atoms with Crippen LogP contribution in [0.2, 0.25) is 15.1 Å². The molecular weight excluding hydrogens is 494 g/mol. The van der Waals surface area contributed by atoms with Crippen molar-refractivity contribution in [2.45, 2.75) is 13.1 Å². The van der Waals surface area contributed by atoms with Crippen LogP contribution in [0.5, 0.6) is 0 Å². The van der Waals surface area contributed by atoms with Crippen molar-refractivity contribution in [1.82, 2.24) is 19.6 Å². The summed E-state index contributed by atoms with van der Waals surface area (Å²) in [5, 5.41) is 16.7. The predicted octanol–water partition coefficient (Wildman–Crippen LogP) is 6.08. The van der Waals surface area contributed by atoms with Crippen LogP contribution in [-0.4, -0.2) is 24.7 Å². The van der Waals surface area contributed by atoms with Gasteiger partial charge in [-0.1, -0.05) is 46.9 Å². The predicted molar refractivity (Wildman–Crippen MR) is 130 cm³/mol. The lowest BCUT2D eigenvalue weighted by atomic mass is 10.2. The van der Waals surface area contributed by atoms with E-state index in [2.05, 4.69) is 20.8 Å². The minimum absolute atomic E-state index is 0.348. The van der Waals surface area contributed by atoms with Crippen LogP contribution in [0.25, 0.3) is 0 Å². The van der Waals surface area contributed by atoms with Gasteiger partial charge in [0.2, 0.25) is 0 Å². The first kappa shape index (κ1) is 22.5. The van der Waals surface area contributed by atoms with Gasteiger partial charge in [-0.05, 0) is 42.0 Å². The van der Waals surface area contributed by atoms with Gasteiger partial charge in [0.15, 0.2) is 10.9 Å². The fourth-order valence-corrected chi connectivity index (χ4v) is 3.95. The highest BCUT2D eigenvalue weighted by atomic mass is 35.5. The van der Waals surface area contributed by atoms with E-state index in [0.717, 1.165) is 11.1 Å². The topological polar surface area (TPSA) is 59.7 Å². The van der Waals surface area contributed by atoms with E-state index in [1.54, 1.807) is 58.3 Å². The third-order valence-electron chi connectivity index (χ3n) is 4.50. The van der Waals surface area contributed by atoms with Crippen molar-refractivity contribution in [3.8, 4) is 0 Å². The van der Waals surface area contributed by atoms with E-state index in [9.17, 15) is 4.39 Å². The molecule has 2 aromatic carbocycles. The number of halogens is 4. The number of nitrogens with zero attached hydrogens (tertiary/aromatic N) is 4. The Labute approximate surface area is 203 Å². The lowest BCUT2D eigenvalue weighted by Gasteiger charge is -2.08. The van der Waals surface area contributed by atoms with E-state index in [1.807, 2.05) is 0 Å². The van der Waals surface area contributed by atoms with Crippen LogP contribution < -0.4 is 10.6 Å². The molecule has 0 atom stereocenters. The molecule has 0 unspecified atom stereocenters. The van der Waals surface area contributed by atoms with Crippen LogP contribution in [-0.2, 0) is 13.1 Å². The number of rotatable bonds is 6. The van der Waals surface area contributed by atoms with Gasteiger partial charge < -0.3 is 10.6 Å². The second-order valence-corrected chi connectivity index (χ2v) is 8.47. The zero-order valence-corrected chi connectivity index (χ0v) is 19.5. The van der Waals surface area contributed by atoms with Gasteiger partial charge >= 0.3 is 0 Å². The third kappa shape index (κ3) is 5.58. The van der Waals surface area contributed by atoms with Gasteiger partial charge in [0.05, 0.1) is 25.0 Å². The third-order valence-corrected chi connectivity index (χ3v) is 5.77. The Bertz CT molecular complexity index is 1250. The average molecular weight is 510 g/mol. The standard InChI is InChI=1S/C21H16Cl3FN6S/c22-17-2-1-3-18(23)16(17)12-30-7-6-20(29-30)28-21(32)27-15-9-26-31(11-15)10-13-4-5-14(25)8-19(13)24/h1-9,11H,10,12H2,(H2,27,28,29,32). The Kier molecular flexibility index (Phi) is 6.95. The van der Waals surface area contributed by atoms with Gasteiger partial charge in [0.1, 0.15) is 5.82 Å². The molecule has 4 rings (SSSR count). The van der Waals surface area contributed by atoms with E-state index in [-0.39, 0.29) is 5.82 Å². The fourth-order valence-electron chi connectivity index (χ4n) is 2.98. The quantitative estimate of drug-likeness (QED) is 0.308. The molecule has 164 valence electrons. The summed E-state index contributed by atoms with van der Waals surface area (Å²) in [7, 11) is 0.